The summed E-state index contributed by atoms with van der Waals surface area (Å²) in [6.45, 7) is 0.837. The quantitative estimate of drug-likeness (QED) is 0.793. The van der Waals surface area contributed by atoms with Gasteiger partial charge in [0.05, 0.1) is 6.26 Å². The Morgan fingerprint density at radius 2 is 1.76 bits per heavy atom. The molecular formula is C20H28F2N2O4S. The van der Waals surface area contributed by atoms with Crippen molar-refractivity contribution in [2.75, 3.05) is 19.3 Å². The zero-order chi connectivity index (χ0) is 21.0. The number of amides is 1. The lowest BCUT2D eigenvalue weighted by atomic mass is 9.81. The van der Waals surface area contributed by atoms with Gasteiger partial charge in [-0.1, -0.05) is 12.5 Å². The Kier molecular flexibility index (Phi) is 7.10. The normalized spacial score (nSPS) is 26.0. The lowest BCUT2D eigenvalue weighted by molar-refractivity contribution is 0.0337. The molecule has 1 aromatic carbocycles. The predicted octanol–water partition coefficient (Wildman–Crippen LogP) is 3.53. The van der Waals surface area contributed by atoms with Gasteiger partial charge in [-0.2, -0.15) is 0 Å². The van der Waals surface area contributed by atoms with Crippen LogP contribution in [0.4, 0.5) is 13.6 Å². The van der Waals surface area contributed by atoms with E-state index in [1.54, 1.807) is 4.90 Å². The molecule has 1 amide bonds. The molecule has 1 N–H and O–H groups in total. The largest absolute Gasteiger partial charge is 0.445 e. The van der Waals surface area contributed by atoms with E-state index in [1.165, 1.54) is 18.2 Å². The molecule has 1 aliphatic heterocycles. The molecule has 0 spiro atoms. The van der Waals surface area contributed by atoms with Gasteiger partial charge in [0, 0.05) is 30.6 Å². The van der Waals surface area contributed by atoms with E-state index in [-0.39, 0.29) is 11.6 Å². The molecule has 0 radical (unpaired) electrons. The average molecular weight is 431 g/mol. The molecule has 1 saturated heterocycles. The third kappa shape index (κ3) is 5.88. The van der Waals surface area contributed by atoms with Crippen LogP contribution in [0.5, 0.6) is 0 Å². The van der Waals surface area contributed by atoms with Crippen molar-refractivity contribution in [2.45, 2.75) is 63.0 Å². The van der Waals surface area contributed by atoms with Crippen molar-refractivity contribution in [3.8, 4) is 0 Å². The van der Waals surface area contributed by atoms with E-state index in [4.69, 9.17) is 4.74 Å². The van der Waals surface area contributed by atoms with Crippen LogP contribution in [0, 0.1) is 11.6 Å². The maximum atomic E-state index is 14.3. The molecule has 1 aromatic rings. The second-order valence-corrected chi connectivity index (χ2v) is 9.73. The lowest BCUT2D eigenvalue weighted by Crippen LogP contribution is -2.39. The summed E-state index contributed by atoms with van der Waals surface area (Å²) in [6, 6.07) is 3.58. The number of hydrogen-bond donors (Lipinski definition) is 1. The van der Waals surface area contributed by atoms with Crippen LogP contribution in [0.15, 0.2) is 18.2 Å². The predicted molar refractivity (Wildman–Crippen MR) is 105 cm³/mol. The van der Waals surface area contributed by atoms with Crippen LogP contribution in [0.25, 0.3) is 0 Å². The smallest absolute Gasteiger partial charge is 0.410 e. The van der Waals surface area contributed by atoms with Gasteiger partial charge >= 0.3 is 6.09 Å². The molecule has 2 fully saturated rings. The number of ether oxygens (including phenoxy) is 1. The zero-order valence-corrected chi connectivity index (χ0v) is 17.4. The van der Waals surface area contributed by atoms with E-state index in [1.807, 2.05) is 0 Å². The Bertz CT molecular complexity index is 814. The fourth-order valence-corrected chi connectivity index (χ4v) is 5.18. The summed E-state index contributed by atoms with van der Waals surface area (Å²) in [4.78, 5) is 14.3. The highest BCUT2D eigenvalue weighted by Crippen LogP contribution is 2.37. The van der Waals surface area contributed by atoms with Crippen molar-refractivity contribution >= 4 is 16.1 Å². The van der Waals surface area contributed by atoms with Gasteiger partial charge in [0.1, 0.15) is 17.7 Å². The van der Waals surface area contributed by atoms with E-state index in [9.17, 15) is 22.0 Å². The van der Waals surface area contributed by atoms with Gasteiger partial charge in [-0.15, -0.1) is 0 Å². The highest BCUT2D eigenvalue weighted by atomic mass is 32.2. The lowest BCUT2D eigenvalue weighted by Gasteiger charge is -2.33. The molecule has 3 atom stereocenters. The molecule has 3 rings (SSSR count). The monoisotopic (exact) mass is 430 g/mol. The van der Waals surface area contributed by atoms with Crippen molar-refractivity contribution in [3.63, 3.8) is 0 Å². The van der Waals surface area contributed by atoms with Crippen LogP contribution in [-0.4, -0.2) is 50.9 Å². The number of sulfonamides is 1. The van der Waals surface area contributed by atoms with Crippen LogP contribution in [0.2, 0.25) is 0 Å². The maximum absolute atomic E-state index is 14.3. The number of nitrogens with zero attached hydrogens (tertiary/aromatic N) is 1. The highest BCUT2D eigenvalue weighted by Gasteiger charge is 2.34. The van der Waals surface area contributed by atoms with Gasteiger partial charge < -0.3 is 9.64 Å². The number of nitrogens with one attached hydrogen (secondary N) is 1. The van der Waals surface area contributed by atoms with Crippen molar-refractivity contribution in [3.05, 3.63) is 35.4 Å². The number of carbonyl (C=O) groups excluding carboxylic acids is 1. The molecule has 0 aromatic heterocycles. The molecule has 9 heteroatoms. The van der Waals surface area contributed by atoms with Gasteiger partial charge in [0.2, 0.25) is 10.0 Å². The summed E-state index contributed by atoms with van der Waals surface area (Å²) in [6.07, 6.45) is 4.63. The average Bonchev–Trinajstić information content (AvgIpc) is 2.87. The Labute approximate surface area is 170 Å². The van der Waals surface area contributed by atoms with E-state index in [0.717, 1.165) is 19.1 Å². The second-order valence-electron chi connectivity index (χ2n) is 7.95. The molecular weight excluding hydrogens is 402 g/mol. The molecule has 0 bridgehead atoms. The summed E-state index contributed by atoms with van der Waals surface area (Å²) in [5.41, 5.74) is -0.00159. The van der Waals surface area contributed by atoms with Crippen LogP contribution in [0.3, 0.4) is 0 Å². The minimum absolute atomic E-state index is 0.00159. The first-order valence-corrected chi connectivity index (χ1v) is 12.0. The van der Waals surface area contributed by atoms with E-state index >= 15 is 0 Å². The summed E-state index contributed by atoms with van der Waals surface area (Å²) in [5, 5.41) is 0. The first kappa shape index (κ1) is 22.0. The second kappa shape index (κ2) is 9.38. The molecule has 3 unspecified atom stereocenters. The fourth-order valence-electron chi connectivity index (χ4n) is 4.34. The van der Waals surface area contributed by atoms with Gasteiger partial charge in [-0.3, -0.25) is 0 Å². The molecule has 1 aliphatic carbocycles. The fraction of sp³-hybridized carbons (Fsp3) is 0.650. The Morgan fingerprint density at radius 1 is 1.07 bits per heavy atom. The Hall–Kier alpha value is -1.74. The molecule has 29 heavy (non-hydrogen) atoms. The molecule has 1 saturated carbocycles. The van der Waals surface area contributed by atoms with Gasteiger partial charge in [0.25, 0.3) is 0 Å². The summed E-state index contributed by atoms with van der Waals surface area (Å²) in [5.74, 6) is -1.72. The Morgan fingerprint density at radius 3 is 2.45 bits per heavy atom. The number of benzene rings is 1. The number of carbonyl (C=O) groups is 1. The first-order chi connectivity index (χ1) is 13.7. The first-order valence-electron chi connectivity index (χ1n) is 10.1. The van der Waals surface area contributed by atoms with E-state index in [0.29, 0.717) is 45.2 Å². The molecule has 6 nitrogen and oxygen atoms in total. The highest BCUT2D eigenvalue weighted by molar-refractivity contribution is 7.88. The molecule has 1 heterocycles. The number of likely N-dealkylation sites (tertiary alicyclic amines) is 1. The Balaban J connectivity index is 1.65. The van der Waals surface area contributed by atoms with Crippen molar-refractivity contribution < 1.29 is 26.7 Å². The minimum Gasteiger partial charge on any atom is -0.445 e. The van der Waals surface area contributed by atoms with E-state index < -0.39 is 39.8 Å². The molecule has 2 aliphatic rings. The van der Waals surface area contributed by atoms with Crippen LogP contribution < -0.4 is 4.72 Å². The van der Waals surface area contributed by atoms with Gasteiger partial charge in [0.15, 0.2) is 0 Å². The third-order valence-electron chi connectivity index (χ3n) is 5.69. The van der Waals surface area contributed by atoms with Crippen LogP contribution in [0.1, 0.15) is 56.4 Å². The van der Waals surface area contributed by atoms with Crippen molar-refractivity contribution in [1.29, 1.82) is 0 Å². The van der Waals surface area contributed by atoms with Gasteiger partial charge in [-0.05, 0) is 50.7 Å². The summed E-state index contributed by atoms with van der Waals surface area (Å²) >= 11 is 0. The SMILES string of the molecule is CS(=O)(=O)NC1CCCN(C(=O)OC2CCCCC2c2c(F)cccc2F)CC1. The number of hydrogen-bond acceptors (Lipinski definition) is 4. The summed E-state index contributed by atoms with van der Waals surface area (Å²) < 4.78 is 59.8. The topological polar surface area (TPSA) is 75.7 Å². The van der Waals surface area contributed by atoms with Crippen molar-refractivity contribution in [2.24, 2.45) is 0 Å². The van der Waals surface area contributed by atoms with Crippen LogP contribution >= 0.6 is 0 Å². The standard InChI is InChI=1S/C20H28F2N2O4S/c1-29(26,27)23-14-6-5-12-24(13-11-14)20(25)28-18-10-3-2-7-15(18)19-16(21)8-4-9-17(19)22/h4,8-9,14-15,18,23H,2-3,5-7,10-13H2,1H3. The zero-order valence-electron chi connectivity index (χ0n) is 16.6. The number of halogens is 2. The minimum atomic E-state index is -3.30. The summed E-state index contributed by atoms with van der Waals surface area (Å²) in [7, 11) is -3.30. The van der Waals surface area contributed by atoms with Crippen molar-refractivity contribution in [1.82, 2.24) is 9.62 Å². The number of rotatable bonds is 4. The van der Waals surface area contributed by atoms with Gasteiger partial charge in [-0.25, -0.2) is 26.7 Å². The van der Waals surface area contributed by atoms with E-state index in [2.05, 4.69) is 4.72 Å². The third-order valence-corrected chi connectivity index (χ3v) is 6.45. The van der Waals surface area contributed by atoms with Crippen LogP contribution in [-0.2, 0) is 14.8 Å². The molecule has 162 valence electrons. The maximum Gasteiger partial charge on any atom is 0.410 e.